The molecule has 0 radical (unpaired) electrons. The zero-order chi connectivity index (χ0) is 60.9. The van der Waals surface area contributed by atoms with Gasteiger partial charge in [0.2, 0.25) is 20.0 Å². The van der Waals surface area contributed by atoms with E-state index in [2.05, 4.69) is 5.32 Å². The molecule has 3 aromatic carbocycles. The molecular formula is C59H91N3O18S2. The van der Waals surface area contributed by atoms with E-state index in [1.165, 1.54) is 63.9 Å². The highest BCUT2D eigenvalue weighted by atomic mass is 32.2. The predicted molar refractivity (Wildman–Crippen MR) is 305 cm³/mol. The maximum absolute atomic E-state index is 14.9. The Balaban J connectivity index is 1.49. The third kappa shape index (κ3) is 14.3. The number of hydrogen-bond acceptors (Lipinski definition) is 19. The van der Waals surface area contributed by atoms with Gasteiger partial charge in [-0.05, 0) is 117 Å². The van der Waals surface area contributed by atoms with Crippen molar-refractivity contribution >= 4 is 26.0 Å². The Hall–Kier alpha value is -4.05. The summed E-state index contributed by atoms with van der Waals surface area (Å²) in [7, 11) is -2.52. The number of benzene rings is 3. The van der Waals surface area contributed by atoms with Crippen molar-refractivity contribution in [2.45, 2.75) is 201 Å². The van der Waals surface area contributed by atoms with Crippen LogP contribution in [0.5, 0.6) is 17.2 Å². The molecule has 21 nitrogen and oxygen atoms in total. The summed E-state index contributed by atoms with van der Waals surface area (Å²) in [6, 6.07) is 19.0. The van der Waals surface area contributed by atoms with Gasteiger partial charge in [0.1, 0.15) is 34.8 Å². The zero-order valence-corrected chi connectivity index (χ0v) is 51.9. The lowest BCUT2D eigenvalue weighted by molar-refractivity contribution is -0.337. The third-order valence-electron chi connectivity index (χ3n) is 17.2. The van der Waals surface area contributed by atoms with Crippen LogP contribution in [0.25, 0.3) is 0 Å². The van der Waals surface area contributed by atoms with Crippen molar-refractivity contribution in [1.82, 2.24) is 13.9 Å². The van der Waals surface area contributed by atoms with Gasteiger partial charge in [0.15, 0.2) is 30.2 Å². The SMILES string of the molecule is CC[C@H]1OC(=O)[C@H](C)[C@@H](O[C@H]2C[C@@](C)(OC)[C@](O)(CN(CC)S(=O)(=O)c3ccccc3)[C@H](C)O2)[C@H](C)[C@@H](O[C@@H]2O[C@H](C)C[C@H](N(C)S(=O)(=O)c3ccccc3)[C@H]2Oc2ccc(OC)c(OC)c2)[C@](C)(O)C[C@@H](C)CN[C@H](C)[C@@H](O)[C@]1(C)O. The van der Waals surface area contributed by atoms with Crippen LogP contribution in [-0.2, 0) is 53.3 Å². The summed E-state index contributed by atoms with van der Waals surface area (Å²) in [4.78, 5) is 15.0. The Morgan fingerprint density at radius 2 is 1.37 bits per heavy atom. The summed E-state index contributed by atoms with van der Waals surface area (Å²) < 4.78 is 118. The summed E-state index contributed by atoms with van der Waals surface area (Å²) in [5.41, 5.74) is -7.38. The van der Waals surface area contributed by atoms with Crippen molar-refractivity contribution in [1.29, 1.82) is 0 Å². The Morgan fingerprint density at radius 1 is 0.768 bits per heavy atom. The smallest absolute Gasteiger partial charge is 0.311 e. The maximum atomic E-state index is 14.9. The number of aliphatic hydroxyl groups excluding tert-OH is 1. The fraction of sp³-hybridized carbons (Fsp3) is 0.678. The number of methoxy groups -OCH3 is 3. The third-order valence-corrected chi connectivity index (χ3v) is 21.0. The van der Waals surface area contributed by atoms with Crippen LogP contribution in [0.15, 0.2) is 88.7 Å². The molecule has 462 valence electrons. The summed E-state index contributed by atoms with van der Waals surface area (Å²) in [5, 5.41) is 53.0. The van der Waals surface area contributed by atoms with Gasteiger partial charge in [0.05, 0.1) is 66.0 Å². The molecule has 6 rings (SSSR count). The minimum atomic E-state index is -4.20. The molecule has 3 aromatic rings. The summed E-state index contributed by atoms with van der Waals surface area (Å²) in [5.74, 6) is -2.55. The number of esters is 1. The molecule has 23 heteroatoms. The van der Waals surface area contributed by atoms with Crippen LogP contribution in [0.4, 0.5) is 0 Å². The largest absolute Gasteiger partial charge is 0.493 e. The normalized spacial score (nSPS) is 36.7. The maximum Gasteiger partial charge on any atom is 0.311 e. The van der Waals surface area contributed by atoms with Gasteiger partial charge >= 0.3 is 5.97 Å². The first-order chi connectivity index (χ1) is 38.4. The Labute approximate surface area is 485 Å². The van der Waals surface area contributed by atoms with Crippen LogP contribution in [0.1, 0.15) is 102 Å². The second-order valence-corrected chi connectivity index (χ2v) is 27.2. The van der Waals surface area contributed by atoms with E-state index in [-0.39, 0.29) is 60.2 Å². The van der Waals surface area contributed by atoms with Crippen LogP contribution >= 0.6 is 0 Å². The van der Waals surface area contributed by atoms with E-state index >= 15 is 0 Å². The fourth-order valence-corrected chi connectivity index (χ4v) is 14.9. The highest BCUT2D eigenvalue weighted by Crippen LogP contribution is 2.45. The molecule has 3 aliphatic heterocycles. The quantitative estimate of drug-likeness (QED) is 0.0984. The summed E-state index contributed by atoms with van der Waals surface area (Å²) in [6.07, 6.45) is -11.2. The highest BCUT2D eigenvalue weighted by molar-refractivity contribution is 7.89. The molecule has 0 saturated carbocycles. The molecular weight excluding hydrogens is 1100 g/mol. The number of likely N-dealkylation sites (N-methyl/N-ethyl adjacent to an activating group) is 2. The number of sulfonamides is 2. The summed E-state index contributed by atoms with van der Waals surface area (Å²) >= 11 is 0. The summed E-state index contributed by atoms with van der Waals surface area (Å²) in [6.45, 7) is 18.0. The number of nitrogens with one attached hydrogen (secondary N) is 1. The van der Waals surface area contributed by atoms with E-state index in [0.29, 0.717) is 11.5 Å². The first-order valence-corrected chi connectivity index (χ1v) is 31.2. The first-order valence-electron chi connectivity index (χ1n) is 28.3. The molecule has 0 unspecified atom stereocenters. The van der Waals surface area contributed by atoms with Gasteiger partial charge in [0.25, 0.3) is 0 Å². The van der Waals surface area contributed by atoms with Crippen molar-refractivity contribution in [3.8, 4) is 17.2 Å². The van der Waals surface area contributed by atoms with Crippen molar-refractivity contribution in [3.63, 3.8) is 0 Å². The van der Waals surface area contributed by atoms with Crippen LogP contribution in [0, 0.1) is 17.8 Å². The molecule has 82 heavy (non-hydrogen) atoms. The van der Waals surface area contributed by atoms with Crippen molar-refractivity contribution in [2.75, 3.05) is 48.0 Å². The van der Waals surface area contributed by atoms with Gasteiger partial charge in [-0.15, -0.1) is 0 Å². The highest BCUT2D eigenvalue weighted by Gasteiger charge is 2.60. The number of ether oxygens (including phenoxy) is 9. The van der Waals surface area contributed by atoms with Crippen molar-refractivity contribution in [2.24, 2.45) is 17.8 Å². The second-order valence-electron chi connectivity index (χ2n) is 23.2. The van der Waals surface area contributed by atoms with Gasteiger partial charge in [-0.3, -0.25) is 4.79 Å². The number of nitrogens with zero attached hydrogens (tertiary/aromatic N) is 2. The first kappa shape index (κ1) is 67.1. The van der Waals surface area contributed by atoms with E-state index in [1.54, 1.807) is 117 Å². The van der Waals surface area contributed by atoms with Crippen molar-refractivity contribution in [3.05, 3.63) is 78.9 Å². The molecule has 0 spiro atoms. The molecule has 0 amide bonds. The fourth-order valence-electron chi connectivity index (χ4n) is 12.0. The number of rotatable bonds is 18. The van der Waals surface area contributed by atoms with E-state index in [9.17, 15) is 42.1 Å². The molecule has 0 bridgehead atoms. The van der Waals surface area contributed by atoms with E-state index in [1.807, 2.05) is 6.92 Å². The number of carbonyl (C=O) groups excluding carboxylic acids is 1. The minimum absolute atomic E-state index is 0.00762. The number of cyclic esters (lactones) is 1. The molecule has 3 fully saturated rings. The standard InChI is InChI=1S/C59H91N3O18S2/c1-16-48-58(11,66)52(63)40(7)60-34-36(3)32-56(9,65)53(80-55-51(77-42-28-29-46(72-13)47(31-42)73-14)45(30-37(4)75-55)61(12)81(68,69)43-24-20-18-21-25-43)38(5)50(39(6)54(64)78-48)79-49-33-57(10,74-15)59(67,41(8)76-49)35-62(17-2)82(70,71)44-26-22-19-23-27-44/h18-29,31,36-41,45,48-53,55,60,63,65-67H,16-17,30,32-35H2,1-15H3/t36-,37-,38+,39-,40-,41+,45+,48-,49+,50+,51-,52-,53-,55+,56-,57-,58-,59+/m1/s1. The second kappa shape index (κ2) is 27.1. The lowest BCUT2D eigenvalue weighted by Crippen LogP contribution is -2.70. The van der Waals surface area contributed by atoms with Crippen LogP contribution in [0.2, 0.25) is 0 Å². The number of hydrogen-bond donors (Lipinski definition) is 5. The van der Waals surface area contributed by atoms with E-state index < -0.39 is 134 Å². The van der Waals surface area contributed by atoms with Gasteiger partial charge in [-0.25, -0.2) is 16.8 Å². The molecule has 3 aliphatic rings. The van der Waals surface area contributed by atoms with Crippen LogP contribution in [0.3, 0.4) is 0 Å². The van der Waals surface area contributed by atoms with Crippen LogP contribution in [-0.4, -0.2) is 190 Å². The Bertz CT molecular complexity index is 2780. The topological polar surface area (TPSA) is 268 Å². The zero-order valence-electron chi connectivity index (χ0n) is 50.3. The minimum Gasteiger partial charge on any atom is -0.493 e. The van der Waals surface area contributed by atoms with E-state index in [4.69, 9.17) is 42.6 Å². The van der Waals surface area contributed by atoms with Gasteiger partial charge < -0.3 is 68.4 Å². The number of aliphatic hydroxyl groups is 4. The molecule has 18 atom stereocenters. The van der Waals surface area contributed by atoms with Crippen molar-refractivity contribution < 1.29 is 84.7 Å². The van der Waals surface area contributed by atoms with Crippen LogP contribution < -0.4 is 19.5 Å². The van der Waals surface area contributed by atoms with E-state index in [0.717, 1.165) is 4.31 Å². The molecule has 3 heterocycles. The average Bonchev–Trinajstić information content (AvgIpc) is 3.58. The monoisotopic (exact) mass is 1190 g/mol. The number of carbonyl (C=O) groups is 1. The molecule has 3 saturated heterocycles. The Kier molecular flexibility index (Phi) is 22.2. The average molecular weight is 1190 g/mol. The van der Waals surface area contributed by atoms with Gasteiger partial charge in [-0.1, -0.05) is 64.1 Å². The Morgan fingerprint density at radius 3 is 1.93 bits per heavy atom. The predicted octanol–water partition coefficient (Wildman–Crippen LogP) is 5.50. The molecule has 5 N–H and O–H groups in total. The molecule has 0 aliphatic carbocycles. The van der Waals surface area contributed by atoms with Gasteiger partial charge in [0, 0.05) is 51.7 Å². The van der Waals surface area contributed by atoms with Gasteiger partial charge in [-0.2, -0.15) is 8.61 Å². The molecule has 0 aromatic heterocycles. The lowest BCUT2D eigenvalue weighted by atomic mass is 9.75. The lowest BCUT2D eigenvalue weighted by Gasteiger charge is -2.54.